The molecule has 1 amide bonds. The molecule has 0 spiro atoms. The van der Waals surface area contributed by atoms with Crippen LogP contribution in [0.2, 0.25) is 0 Å². The minimum Gasteiger partial charge on any atom is -0.321 e. The van der Waals surface area contributed by atoms with Gasteiger partial charge in [0.1, 0.15) is 4.83 Å². The average Bonchev–Trinajstić information content (AvgIpc) is 3.23. The van der Waals surface area contributed by atoms with E-state index in [-0.39, 0.29) is 5.69 Å². The maximum atomic E-state index is 12.9. The van der Waals surface area contributed by atoms with Crippen LogP contribution in [0, 0.1) is 6.92 Å². The van der Waals surface area contributed by atoms with Gasteiger partial charge in [-0.1, -0.05) is 24.3 Å². The molecule has 0 aliphatic carbocycles. The molecule has 2 aromatic carbocycles. The lowest BCUT2D eigenvalue weighted by Gasteiger charge is -2.09. The van der Waals surface area contributed by atoms with Crippen LogP contribution in [0.25, 0.3) is 15.9 Å². The molecule has 1 N–H and O–H groups in total. The number of hydrogen-bond donors (Lipinski definition) is 1. The van der Waals surface area contributed by atoms with Crippen molar-refractivity contribution in [2.75, 3.05) is 5.32 Å². The molecule has 4 rings (SSSR count). The standard InChI is InChI=1S/C20H14F3N3OS/c1-12-16-11-17(28-19(16)26(25-12)15-8-3-2-4-9-15)18(27)24-14-7-5-6-13(10-14)20(21,22)23/h2-11H,1H3,(H,24,27). The number of alkyl halides is 3. The third kappa shape index (κ3) is 3.38. The van der Waals surface area contributed by atoms with Crippen molar-refractivity contribution < 1.29 is 18.0 Å². The first-order chi connectivity index (χ1) is 13.3. The normalized spacial score (nSPS) is 11.7. The van der Waals surface area contributed by atoms with E-state index in [0.717, 1.165) is 33.7 Å². The molecule has 0 atom stereocenters. The number of benzene rings is 2. The smallest absolute Gasteiger partial charge is 0.321 e. The van der Waals surface area contributed by atoms with Crippen LogP contribution in [0.5, 0.6) is 0 Å². The number of fused-ring (bicyclic) bond motifs is 1. The Balaban J connectivity index is 1.66. The van der Waals surface area contributed by atoms with Crippen molar-refractivity contribution in [2.24, 2.45) is 0 Å². The number of nitrogens with zero attached hydrogens (tertiary/aromatic N) is 2. The molecule has 0 radical (unpaired) electrons. The van der Waals surface area contributed by atoms with Crippen molar-refractivity contribution in [1.82, 2.24) is 9.78 Å². The molecule has 0 bridgehead atoms. The fourth-order valence-corrected chi connectivity index (χ4v) is 3.95. The second kappa shape index (κ2) is 6.79. The van der Waals surface area contributed by atoms with E-state index in [9.17, 15) is 18.0 Å². The number of rotatable bonds is 3. The summed E-state index contributed by atoms with van der Waals surface area (Å²) in [6, 6.07) is 15.8. The number of carbonyl (C=O) groups is 1. The number of halogens is 3. The van der Waals surface area contributed by atoms with Crippen LogP contribution in [0.15, 0.2) is 60.7 Å². The first-order valence-corrected chi connectivity index (χ1v) is 9.18. The Labute approximate surface area is 162 Å². The van der Waals surface area contributed by atoms with E-state index < -0.39 is 17.6 Å². The molecule has 0 saturated carbocycles. The van der Waals surface area contributed by atoms with Crippen LogP contribution in [-0.4, -0.2) is 15.7 Å². The summed E-state index contributed by atoms with van der Waals surface area (Å²) in [6.07, 6.45) is -4.46. The van der Waals surface area contributed by atoms with Gasteiger partial charge in [-0.25, -0.2) is 4.68 Å². The predicted octanol–water partition coefficient (Wildman–Crippen LogP) is 5.67. The van der Waals surface area contributed by atoms with Crippen molar-refractivity contribution in [3.63, 3.8) is 0 Å². The summed E-state index contributed by atoms with van der Waals surface area (Å²) in [6.45, 7) is 1.85. The number of aryl methyl sites for hydroxylation is 1. The molecule has 2 heterocycles. The monoisotopic (exact) mass is 401 g/mol. The molecule has 4 nitrogen and oxygen atoms in total. The van der Waals surface area contributed by atoms with Gasteiger partial charge in [-0.05, 0) is 43.3 Å². The fourth-order valence-electron chi connectivity index (χ4n) is 2.87. The second-order valence-corrected chi connectivity index (χ2v) is 7.23. The van der Waals surface area contributed by atoms with E-state index in [1.165, 1.54) is 23.5 Å². The van der Waals surface area contributed by atoms with E-state index in [1.807, 2.05) is 37.3 Å². The fraction of sp³-hybridized carbons (Fsp3) is 0.100. The average molecular weight is 401 g/mol. The highest BCUT2D eigenvalue weighted by molar-refractivity contribution is 7.20. The zero-order valence-electron chi connectivity index (χ0n) is 14.6. The molecule has 8 heteroatoms. The largest absolute Gasteiger partial charge is 0.416 e. The van der Waals surface area contributed by atoms with Gasteiger partial charge in [0.05, 0.1) is 21.8 Å². The van der Waals surface area contributed by atoms with Gasteiger partial charge in [-0.3, -0.25) is 4.79 Å². The molecule has 4 aromatic rings. The van der Waals surface area contributed by atoms with E-state index in [0.29, 0.717) is 4.88 Å². The quantitative estimate of drug-likeness (QED) is 0.481. The molecular weight excluding hydrogens is 387 g/mol. The van der Waals surface area contributed by atoms with Gasteiger partial charge in [0, 0.05) is 11.1 Å². The topological polar surface area (TPSA) is 46.9 Å². The SMILES string of the molecule is Cc1nn(-c2ccccc2)c2sc(C(=O)Nc3cccc(C(F)(F)F)c3)cc12. The number of hydrogen-bond acceptors (Lipinski definition) is 3. The number of aromatic nitrogens is 2. The summed E-state index contributed by atoms with van der Waals surface area (Å²) in [5.74, 6) is -0.459. The molecular formula is C20H14F3N3OS. The van der Waals surface area contributed by atoms with Gasteiger partial charge in [-0.2, -0.15) is 18.3 Å². The van der Waals surface area contributed by atoms with Crippen molar-refractivity contribution in [3.8, 4) is 5.69 Å². The van der Waals surface area contributed by atoms with Crippen LogP contribution in [0.4, 0.5) is 18.9 Å². The van der Waals surface area contributed by atoms with E-state index in [4.69, 9.17) is 0 Å². The van der Waals surface area contributed by atoms with Crippen molar-refractivity contribution in [1.29, 1.82) is 0 Å². The molecule has 0 aliphatic rings. The van der Waals surface area contributed by atoms with Crippen molar-refractivity contribution in [2.45, 2.75) is 13.1 Å². The molecule has 2 aromatic heterocycles. The third-order valence-electron chi connectivity index (χ3n) is 4.22. The minimum atomic E-state index is -4.46. The summed E-state index contributed by atoms with van der Waals surface area (Å²) in [5.41, 5.74) is 0.927. The van der Waals surface area contributed by atoms with Crippen molar-refractivity contribution >= 4 is 33.1 Å². The molecule has 0 aliphatic heterocycles. The van der Waals surface area contributed by atoms with Gasteiger partial charge in [0.2, 0.25) is 0 Å². The van der Waals surface area contributed by atoms with Gasteiger partial charge in [0.15, 0.2) is 0 Å². The zero-order chi connectivity index (χ0) is 19.9. The first kappa shape index (κ1) is 18.2. The number of thiophene rings is 1. The summed E-state index contributed by atoms with van der Waals surface area (Å²) in [5, 5.41) is 7.89. The van der Waals surface area contributed by atoms with Crippen molar-refractivity contribution in [3.05, 3.63) is 76.8 Å². The highest BCUT2D eigenvalue weighted by atomic mass is 32.1. The predicted molar refractivity (Wildman–Crippen MR) is 103 cm³/mol. The van der Waals surface area contributed by atoms with Gasteiger partial charge in [0.25, 0.3) is 5.91 Å². The summed E-state index contributed by atoms with van der Waals surface area (Å²) < 4.78 is 40.3. The van der Waals surface area contributed by atoms with Crippen LogP contribution in [-0.2, 0) is 6.18 Å². The lowest BCUT2D eigenvalue weighted by Crippen LogP contribution is -2.12. The number of para-hydroxylation sites is 1. The number of amides is 1. The lowest BCUT2D eigenvalue weighted by molar-refractivity contribution is -0.137. The Bertz CT molecular complexity index is 1160. The highest BCUT2D eigenvalue weighted by Crippen LogP contribution is 2.32. The maximum Gasteiger partial charge on any atom is 0.416 e. The Morgan fingerprint density at radius 1 is 1.07 bits per heavy atom. The first-order valence-electron chi connectivity index (χ1n) is 8.36. The van der Waals surface area contributed by atoms with E-state index in [2.05, 4.69) is 10.4 Å². The van der Waals surface area contributed by atoms with Gasteiger partial charge in [-0.15, -0.1) is 11.3 Å². The Morgan fingerprint density at radius 3 is 2.54 bits per heavy atom. The molecule has 0 unspecified atom stereocenters. The number of carbonyl (C=O) groups excluding carboxylic acids is 1. The van der Waals surface area contributed by atoms with Crippen LogP contribution >= 0.6 is 11.3 Å². The zero-order valence-corrected chi connectivity index (χ0v) is 15.4. The lowest BCUT2D eigenvalue weighted by atomic mass is 10.2. The summed E-state index contributed by atoms with van der Waals surface area (Å²) in [7, 11) is 0. The molecule has 142 valence electrons. The van der Waals surface area contributed by atoms with Crippen LogP contribution < -0.4 is 5.32 Å². The van der Waals surface area contributed by atoms with Gasteiger partial charge >= 0.3 is 6.18 Å². The van der Waals surface area contributed by atoms with E-state index in [1.54, 1.807) is 10.7 Å². The second-order valence-electron chi connectivity index (χ2n) is 6.19. The Hall–Kier alpha value is -3.13. The molecule has 0 saturated heterocycles. The molecule has 28 heavy (non-hydrogen) atoms. The Kier molecular flexibility index (Phi) is 4.43. The number of anilines is 1. The third-order valence-corrected chi connectivity index (χ3v) is 5.33. The minimum absolute atomic E-state index is 0.0960. The van der Waals surface area contributed by atoms with Crippen LogP contribution in [0.3, 0.4) is 0 Å². The van der Waals surface area contributed by atoms with Gasteiger partial charge < -0.3 is 5.32 Å². The number of nitrogens with one attached hydrogen (secondary N) is 1. The van der Waals surface area contributed by atoms with Crippen LogP contribution in [0.1, 0.15) is 20.9 Å². The summed E-state index contributed by atoms with van der Waals surface area (Å²) >= 11 is 1.24. The van der Waals surface area contributed by atoms with E-state index >= 15 is 0 Å². The Morgan fingerprint density at radius 2 is 1.82 bits per heavy atom. The molecule has 0 fully saturated rings. The maximum absolute atomic E-state index is 12.9. The summed E-state index contributed by atoms with van der Waals surface area (Å²) in [4.78, 5) is 13.8. The highest BCUT2D eigenvalue weighted by Gasteiger charge is 2.30.